The molecule has 2 atom stereocenters. The second-order valence-electron chi connectivity index (χ2n) is 6.02. The zero-order chi connectivity index (χ0) is 16.4. The van der Waals surface area contributed by atoms with Gasteiger partial charge in [0.25, 0.3) is 0 Å². The van der Waals surface area contributed by atoms with Gasteiger partial charge in [0, 0.05) is 17.1 Å². The topological polar surface area (TPSA) is 58.4 Å². The van der Waals surface area contributed by atoms with Crippen molar-refractivity contribution in [1.29, 1.82) is 0 Å². The maximum atomic E-state index is 12.8. The molecule has 1 aliphatic carbocycles. The van der Waals surface area contributed by atoms with Crippen molar-refractivity contribution in [2.24, 2.45) is 0 Å². The second kappa shape index (κ2) is 6.74. The molecule has 1 aliphatic rings. The van der Waals surface area contributed by atoms with E-state index in [9.17, 15) is 4.79 Å². The van der Waals surface area contributed by atoms with E-state index in [1.54, 1.807) is 17.6 Å². The number of hydrogen-bond donors (Lipinski definition) is 1. The smallest absolute Gasteiger partial charge is 0.318 e. The van der Waals surface area contributed by atoms with Crippen molar-refractivity contribution in [2.45, 2.75) is 58.2 Å². The number of nitrogens with one attached hydrogen (secondary N) is 1. The average molecular weight is 333 g/mol. The van der Waals surface area contributed by atoms with Crippen molar-refractivity contribution in [2.75, 3.05) is 0 Å². The average Bonchev–Trinajstić information content (AvgIpc) is 3.07. The van der Waals surface area contributed by atoms with Gasteiger partial charge >= 0.3 is 6.03 Å². The second-order valence-corrected chi connectivity index (χ2v) is 7.17. The molecule has 3 rings (SSSR count). The normalized spacial score (nSPS) is 16.8. The van der Waals surface area contributed by atoms with Crippen LogP contribution in [0.25, 0.3) is 0 Å². The number of aromatic nitrogens is 1. The predicted octanol–water partition coefficient (Wildman–Crippen LogP) is 4.29. The zero-order valence-electron chi connectivity index (χ0n) is 13.8. The van der Waals surface area contributed by atoms with Crippen LogP contribution in [0.15, 0.2) is 29.0 Å². The van der Waals surface area contributed by atoms with Crippen LogP contribution < -0.4 is 5.32 Å². The molecule has 0 bridgehead atoms. The summed E-state index contributed by atoms with van der Waals surface area (Å²) in [6, 6.07) is 3.90. The summed E-state index contributed by atoms with van der Waals surface area (Å²) >= 11 is 1.66. The third-order valence-corrected chi connectivity index (χ3v) is 5.50. The lowest BCUT2D eigenvalue weighted by Gasteiger charge is -2.29. The Kier molecular flexibility index (Phi) is 4.71. The lowest BCUT2D eigenvalue weighted by molar-refractivity contribution is 0.163. The maximum Gasteiger partial charge on any atom is 0.318 e. The van der Waals surface area contributed by atoms with E-state index in [1.165, 1.54) is 4.88 Å². The maximum absolute atomic E-state index is 12.8. The molecule has 2 aromatic heterocycles. The fraction of sp³-hybridized carbons (Fsp3) is 0.529. The first kappa shape index (κ1) is 16.1. The van der Waals surface area contributed by atoms with E-state index in [1.807, 2.05) is 37.1 Å². The molecule has 0 aromatic carbocycles. The summed E-state index contributed by atoms with van der Waals surface area (Å²) in [5.74, 6) is 0.822. The van der Waals surface area contributed by atoms with E-state index in [4.69, 9.17) is 4.42 Å². The first-order chi connectivity index (χ1) is 11.1. The molecule has 2 aromatic rings. The molecule has 1 N–H and O–H groups in total. The van der Waals surface area contributed by atoms with Crippen LogP contribution in [-0.2, 0) is 6.42 Å². The van der Waals surface area contributed by atoms with E-state index in [2.05, 4.69) is 17.2 Å². The minimum atomic E-state index is -0.0853. The summed E-state index contributed by atoms with van der Waals surface area (Å²) in [5.41, 5.74) is 0. The van der Waals surface area contributed by atoms with Gasteiger partial charge in [-0.1, -0.05) is 6.92 Å². The summed E-state index contributed by atoms with van der Waals surface area (Å²) in [6.07, 6.45) is 6.64. The van der Waals surface area contributed by atoms with Gasteiger partial charge in [0.1, 0.15) is 10.8 Å². The Morgan fingerprint density at radius 2 is 2.30 bits per heavy atom. The van der Waals surface area contributed by atoms with Crippen LogP contribution in [0.2, 0.25) is 0 Å². The van der Waals surface area contributed by atoms with Crippen LogP contribution in [0.5, 0.6) is 0 Å². The summed E-state index contributed by atoms with van der Waals surface area (Å²) in [7, 11) is 0. The Balaban J connectivity index is 1.69. The third-order valence-electron chi connectivity index (χ3n) is 4.18. The summed E-state index contributed by atoms with van der Waals surface area (Å²) in [5, 5.41) is 4.05. The highest BCUT2D eigenvalue weighted by atomic mass is 32.1. The molecule has 5 nitrogen and oxygen atoms in total. The van der Waals surface area contributed by atoms with Gasteiger partial charge in [-0.3, -0.25) is 0 Å². The number of furan rings is 1. The standard InChI is InChI=1S/C17H23N3O2S/c1-4-14-10-18-16(23-14)11(2)19-17(21)20(13-7-8-13)12(3)15-6-5-9-22-15/h5-6,9-13H,4,7-8H2,1-3H3,(H,19,21)/t11-,12+/m1/s1. The summed E-state index contributed by atoms with van der Waals surface area (Å²) in [4.78, 5) is 20.3. The molecule has 0 unspecified atom stereocenters. The Labute approximate surface area is 140 Å². The number of urea groups is 1. The first-order valence-corrected chi connectivity index (χ1v) is 8.98. The van der Waals surface area contributed by atoms with Crippen molar-refractivity contribution in [3.05, 3.63) is 40.2 Å². The highest BCUT2D eigenvalue weighted by Gasteiger charge is 2.37. The highest BCUT2D eigenvalue weighted by Crippen LogP contribution is 2.35. The van der Waals surface area contributed by atoms with Crippen molar-refractivity contribution in [3.63, 3.8) is 0 Å². The third kappa shape index (κ3) is 3.58. The summed E-state index contributed by atoms with van der Waals surface area (Å²) < 4.78 is 5.48. The van der Waals surface area contributed by atoms with Gasteiger partial charge in [-0.15, -0.1) is 11.3 Å². The molecule has 2 amide bonds. The number of nitrogens with zero attached hydrogens (tertiary/aromatic N) is 2. The number of carbonyl (C=O) groups excluding carboxylic acids is 1. The first-order valence-electron chi connectivity index (χ1n) is 8.17. The van der Waals surface area contributed by atoms with Crippen molar-refractivity contribution >= 4 is 17.4 Å². The van der Waals surface area contributed by atoms with Gasteiger partial charge in [0.15, 0.2) is 0 Å². The Bertz CT molecular complexity index is 649. The van der Waals surface area contributed by atoms with Crippen molar-refractivity contribution in [3.8, 4) is 0 Å². The van der Waals surface area contributed by atoms with E-state index in [0.29, 0.717) is 6.04 Å². The molecule has 6 heteroatoms. The lowest BCUT2D eigenvalue weighted by atomic mass is 10.2. The van der Waals surface area contributed by atoms with E-state index >= 15 is 0 Å². The predicted molar refractivity (Wildman–Crippen MR) is 90.4 cm³/mol. The molecule has 124 valence electrons. The minimum Gasteiger partial charge on any atom is -0.467 e. The monoisotopic (exact) mass is 333 g/mol. The molecule has 0 spiro atoms. The van der Waals surface area contributed by atoms with Crippen LogP contribution in [0, 0.1) is 0 Å². The number of amides is 2. The summed E-state index contributed by atoms with van der Waals surface area (Å²) in [6.45, 7) is 6.11. The minimum absolute atomic E-state index is 0.0443. The number of thiazole rings is 1. The Morgan fingerprint density at radius 3 is 2.87 bits per heavy atom. The largest absolute Gasteiger partial charge is 0.467 e. The number of aryl methyl sites for hydroxylation is 1. The van der Waals surface area contributed by atoms with Gasteiger partial charge in [-0.25, -0.2) is 9.78 Å². The number of rotatable bonds is 6. The van der Waals surface area contributed by atoms with E-state index in [-0.39, 0.29) is 18.1 Å². The van der Waals surface area contributed by atoms with Gasteiger partial charge < -0.3 is 14.6 Å². The molecule has 2 heterocycles. The van der Waals surface area contributed by atoms with Crippen LogP contribution >= 0.6 is 11.3 Å². The Hall–Kier alpha value is -1.82. The molecule has 0 saturated heterocycles. The lowest BCUT2D eigenvalue weighted by Crippen LogP contribution is -2.43. The van der Waals surface area contributed by atoms with E-state index in [0.717, 1.165) is 30.0 Å². The van der Waals surface area contributed by atoms with Crippen LogP contribution in [0.1, 0.15) is 61.3 Å². The molecular weight excluding hydrogens is 310 g/mol. The zero-order valence-corrected chi connectivity index (χ0v) is 14.6. The molecule has 0 aliphatic heterocycles. The number of carbonyl (C=O) groups is 1. The van der Waals surface area contributed by atoms with Crippen molar-refractivity contribution in [1.82, 2.24) is 15.2 Å². The van der Waals surface area contributed by atoms with Gasteiger partial charge in [0.2, 0.25) is 0 Å². The fourth-order valence-corrected chi connectivity index (χ4v) is 3.54. The van der Waals surface area contributed by atoms with E-state index < -0.39 is 0 Å². The van der Waals surface area contributed by atoms with Gasteiger partial charge in [-0.2, -0.15) is 0 Å². The Morgan fingerprint density at radius 1 is 1.52 bits per heavy atom. The highest BCUT2D eigenvalue weighted by molar-refractivity contribution is 7.11. The van der Waals surface area contributed by atoms with Gasteiger partial charge in [0.05, 0.1) is 18.3 Å². The van der Waals surface area contributed by atoms with Crippen molar-refractivity contribution < 1.29 is 9.21 Å². The van der Waals surface area contributed by atoms with Crippen LogP contribution in [0.3, 0.4) is 0 Å². The molecule has 1 fully saturated rings. The molecule has 23 heavy (non-hydrogen) atoms. The molecule has 0 radical (unpaired) electrons. The van der Waals surface area contributed by atoms with Crippen LogP contribution in [-0.4, -0.2) is 22.0 Å². The van der Waals surface area contributed by atoms with Crippen LogP contribution in [0.4, 0.5) is 4.79 Å². The fourth-order valence-electron chi connectivity index (χ4n) is 2.68. The number of hydrogen-bond acceptors (Lipinski definition) is 4. The molecular formula is C17H23N3O2S. The molecule has 1 saturated carbocycles. The quantitative estimate of drug-likeness (QED) is 0.857. The van der Waals surface area contributed by atoms with Gasteiger partial charge in [-0.05, 0) is 45.2 Å². The SMILES string of the molecule is CCc1cnc([C@@H](C)NC(=O)N(C2CC2)[C@@H](C)c2ccco2)s1.